The number of halogens is 1. The number of piperazine rings is 1. The summed E-state index contributed by atoms with van der Waals surface area (Å²) in [6, 6.07) is 7.98. The predicted molar refractivity (Wildman–Crippen MR) is 92.0 cm³/mol. The second-order valence-corrected chi connectivity index (χ2v) is 6.24. The molecule has 0 amide bonds. The van der Waals surface area contributed by atoms with Crippen molar-refractivity contribution in [2.75, 3.05) is 31.1 Å². The molecule has 24 heavy (non-hydrogen) atoms. The number of pyridine rings is 1. The van der Waals surface area contributed by atoms with Crippen LogP contribution in [-0.4, -0.2) is 40.8 Å². The number of aromatic hydroxyl groups is 1. The number of rotatable bonds is 3. The Kier molecular flexibility index (Phi) is 4.57. The SMILES string of the molecule is Cc1cc(=O)c(O)c(CN2CCN(c3ccc(F)cc3)CC2)n1C. The molecular weight excluding hydrogens is 309 g/mol. The summed E-state index contributed by atoms with van der Waals surface area (Å²) in [4.78, 5) is 16.2. The van der Waals surface area contributed by atoms with E-state index in [1.54, 1.807) is 12.1 Å². The van der Waals surface area contributed by atoms with Crippen molar-refractivity contribution < 1.29 is 9.50 Å². The molecule has 1 aromatic heterocycles. The van der Waals surface area contributed by atoms with Crippen LogP contribution in [0.25, 0.3) is 0 Å². The van der Waals surface area contributed by atoms with Gasteiger partial charge in [0.1, 0.15) is 5.82 Å². The van der Waals surface area contributed by atoms with Crippen molar-refractivity contribution in [3.8, 4) is 5.75 Å². The molecule has 0 aliphatic carbocycles. The minimum Gasteiger partial charge on any atom is -0.503 e. The number of benzene rings is 1. The fourth-order valence-electron chi connectivity index (χ4n) is 3.08. The number of aromatic nitrogens is 1. The first-order valence-corrected chi connectivity index (χ1v) is 8.07. The molecule has 128 valence electrons. The summed E-state index contributed by atoms with van der Waals surface area (Å²) >= 11 is 0. The van der Waals surface area contributed by atoms with Gasteiger partial charge in [-0.2, -0.15) is 0 Å². The van der Waals surface area contributed by atoms with Crippen molar-refractivity contribution in [1.29, 1.82) is 0 Å². The zero-order valence-electron chi connectivity index (χ0n) is 14.0. The maximum absolute atomic E-state index is 13.0. The standard InChI is InChI=1S/C18H22FN3O2/c1-13-11-17(23)18(24)16(20(13)2)12-21-7-9-22(10-8-21)15-5-3-14(19)4-6-15/h3-6,11,24H,7-10,12H2,1-2H3. The van der Waals surface area contributed by atoms with Gasteiger partial charge in [0.25, 0.3) is 0 Å². The van der Waals surface area contributed by atoms with Gasteiger partial charge in [-0.3, -0.25) is 9.69 Å². The van der Waals surface area contributed by atoms with Crippen LogP contribution in [0.3, 0.4) is 0 Å². The Balaban J connectivity index is 1.68. The lowest BCUT2D eigenvalue weighted by Crippen LogP contribution is -2.46. The highest BCUT2D eigenvalue weighted by molar-refractivity contribution is 5.46. The van der Waals surface area contributed by atoms with Gasteiger partial charge in [-0.25, -0.2) is 4.39 Å². The number of hydrogen-bond donors (Lipinski definition) is 1. The van der Waals surface area contributed by atoms with Gasteiger partial charge in [0.05, 0.1) is 5.69 Å². The minimum atomic E-state index is -0.328. The van der Waals surface area contributed by atoms with Crippen LogP contribution in [0.15, 0.2) is 35.1 Å². The van der Waals surface area contributed by atoms with Gasteiger partial charge in [0.2, 0.25) is 5.43 Å². The summed E-state index contributed by atoms with van der Waals surface area (Å²) in [5.74, 6) is -0.391. The second kappa shape index (κ2) is 6.65. The first-order chi connectivity index (χ1) is 11.5. The van der Waals surface area contributed by atoms with Crippen LogP contribution >= 0.6 is 0 Å². The summed E-state index contributed by atoms with van der Waals surface area (Å²) < 4.78 is 14.9. The maximum atomic E-state index is 13.0. The molecule has 1 saturated heterocycles. The predicted octanol–water partition coefficient (Wildman–Crippen LogP) is 1.86. The van der Waals surface area contributed by atoms with Crippen molar-refractivity contribution in [2.45, 2.75) is 13.5 Å². The molecule has 2 aromatic rings. The van der Waals surface area contributed by atoms with Crippen LogP contribution in [0, 0.1) is 12.7 Å². The Morgan fingerprint density at radius 2 is 1.75 bits per heavy atom. The van der Waals surface area contributed by atoms with E-state index in [0.717, 1.165) is 37.6 Å². The highest BCUT2D eigenvalue weighted by Gasteiger charge is 2.20. The van der Waals surface area contributed by atoms with Crippen molar-refractivity contribution >= 4 is 5.69 Å². The van der Waals surface area contributed by atoms with Gasteiger partial charge in [0.15, 0.2) is 5.75 Å². The fraction of sp³-hybridized carbons (Fsp3) is 0.389. The third kappa shape index (κ3) is 3.28. The molecule has 0 spiro atoms. The molecule has 6 heteroatoms. The van der Waals surface area contributed by atoms with Crippen LogP contribution in [0.4, 0.5) is 10.1 Å². The van der Waals surface area contributed by atoms with E-state index in [1.165, 1.54) is 18.2 Å². The van der Waals surface area contributed by atoms with Crippen molar-refractivity contribution in [2.24, 2.45) is 7.05 Å². The van der Waals surface area contributed by atoms with Crippen LogP contribution < -0.4 is 10.3 Å². The maximum Gasteiger partial charge on any atom is 0.223 e. The Hall–Kier alpha value is -2.34. The van der Waals surface area contributed by atoms with Crippen molar-refractivity contribution in [1.82, 2.24) is 9.47 Å². The van der Waals surface area contributed by atoms with E-state index in [9.17, 15) is 14.3 Å². The zero-order valence-corrected chi connectivity index (χ0v) is 14.0. The quantitative estimate of drug-likeness (QED) is 0.933. The highest BCUT2D eigenvalue weighted by atomic mass is 19.1. The lowest BCUT2D eigenvalue weighted by atomic mass is 10.2. The largest absolute Gasteiger partial charge is 0.503 e. The normalized spacial score (nSPS) is 15.7. The number of anilines is 1. The van der Waals surface area contributed by atoms with Crippen LogP contribution in [0.1, 0.15) is 11.4 Å². The fourth-order valence-corrected chi connectivity index (χ4v) is 3.08. The molecule has 2 heterocycles. The molecule has 1 aromatic carbocycles. The lowest BCUT2D eigenvalue weighted by molar-refractivity contribution is 0.240. The highest BCUT2D eigenvalue weighted by Crippen LogP contribution is 2.20. The van der Waals surface area contributed by atoms with Crippen LogP contribution in [0.2, 0.25) is 0 Å². The zero-order chi connectivity index (χ0) is 17.3. The van der Waals surface area contributed by atoms with E-state index >= 15 is 0 Å². The molecule has 0 saturated carbocycles. The van der Waals surface area contributed by atoms with E-state index in [4.69, 9.17) is 0 Å². The molecule has 0 atom stereocenters. The molecule has 1 fully saturated rings. The van der Waals surface area contributed by atoms with Crippen molar-refractivity contribution in [3.63, 3.8) is 0 Å². The Morgan fingerprint density at radius 1 is 1.12 bits per heavy atom. The molecule has 3 rings (SSSR count). The van der Waals surface area contributed by atoms with Gasteiger partial charge in [-0.05, 0) is 31.2 Å². The second-order valence-electron chi connectivity index (χ2n) is 6.24. The third-order valence-electron chi connectivity index (χ3n) is 4.72. The first-order valence-electron chi connectivity index (χ1n) is 8.07. The van der Waals surface area contributed by atoms with E-state index in [2.05, 4.69) is 9.80 Å². The molecule has 1 aliphatic heterocycles. The number of nitrogens with zero attached hydrogens (tertiary/aromatic N) is 3. The van der Waals surface area contributed by atoms with E-state index < -0.39 is 0 Å². The van der Waals surface area contributed by atoms with Gasteiger partial charge in [-0.15, -0.1) is 0 Å². The number of hydrogen-bond acceptors (Lipinski definition) is 4. The van der Waals surface area contributed by atoms with Gasteiger partial charge >= 0.3 is 0 Å². The molecule has 0 bridgehead atoms. The summed E-state index contributed by atoms with van der Waals surface area (Å²) in [6.07, 6.45) is 0. The first kappa shape index (κ1) is 16.5. The topological polar surface area (TPSA) is 48.7 Å². The summed E-state index contributed by atoms with van der Waals surface area (Å²) in [5, 5.41) is 10.1. The summed E-state index contributed by atoms with van der Waals surface area (Å²) in [6.45, 7) is 5.68. The Bertz CT molecular complexity index is 778. The van der Waals surface area contributed by atoms with Gasteiger partial charge < -0.3 is 14.6 Å². The molecular formula is C18H22FN3O2. The van der Waals surface area contributed by atoms with Gasteiger partial charge in [0, 0.05) is 57.2 Å². The lowest BCUT2D eigenvalue weighted by Gasteiger charge is -2.36. The average molecular weight is 331 g/mol. The van der Waals surface area contributed by atoms with E-state index in [-0.39, 0.29) is 17.0 Å². The third-order valence-corrected chi connectivity index (χ3v) is 4.72. The molecule has 0 unspecified atom stereocenters. The van der Waals surface area contributed by atoms with Crippen molar-refractivity contribution in [3.05, 3.63) is 57.8 Å². The minimum absolute atomic E-state index is 0.163. The molecule has 5 nitrogen and oxygen atoms in total. The number of aryl methyl sites for hydroxylation is 1. The monoisotopic (exact) mass is 331 g/mol. The Morgan fingerprint density at radius 3 is 2.38 bits per heavy atom. The van der Waals surface area contributed by atoms with E-state index in [0.29, 0.717) is 12.2 Å². The van der Waals surface area contributed by atoms with Crippen LogP contribution in [0.5, 0.6) is 5.75 Å². The van der Waals surface area contributed by atoms with Gasteiger partial charge in [-0.1, -0.05) is 0 Å². The molecule has 1 aliphatic rings. The van der Waals surface area contributed by atoms with E-state index in [1.807, 2.05) is 18.5 Å². The smallest absolute Gasteiger partial charge is 0.223 e. The summed E-state index contributed by atoms with van der Waals surface area (Å²) in [7, 11) is 1.86. The average Bonchev–Trinajstić information content (AvgIpc) is 2.58. The van der Waals surface area contributed by atoms with Crippen LogP contribution in [-0.2, 0) is 13.6 Å². The molecule has 1 N–H and O–H groups in total. The summed E-state index contributed by atoms with van der Waals surface area (Å²) in [5.41, 5.74) is 2.17. The molecule has 0 radical (unpaired) electrons. The Labute approximate surface area is 140 Å².